The summed E-state index contributed by atoms with van der Waals surface area (Å²) in [6.45, 7) is 3.69. The second kappa shape index (κ2) is 10.5. The highest BCUT2D eigenvalue weighted by Crippen LogP contribution is 2.41. The lowest BCUT2D eigenvalue weighted by Crippen LogP contribution is -2.43. The van der Waals surface area contributed by atoms with Gasteiger partial charge in [0, 0.05) is 29.7 Å². The van der Waals surface area contributed by atoms with E-state index in [0.717, 1.165) is 22.6 Å². The smallest absolute Gasteiger partial charge is 0.265 e. The molecule has 1 N–H and O–H groups in total. The number of nitrogens with one attached hydrogen (secondary N) is 1. The third kappa shape index (κ3) is 5.85. The quantitative estimate of drug-likeness (QED) is 0.499. The number of carbonyl (C=O) groups excluding carboxylic acids is 2. The predicted molar refractivity (Wildman–Crippen MR) is 118 cm³/mol. The Kier molecular flexibility index (Phi) is 7.75. The van der Waals surface area contributed by atoms with Crippen molar-refractivity contribution in [1.29, 1.82) is 0 Å². The number of rotatable bonds is 8. The van der Waals surface area contributed by atoms with Crippen molar-refractivity contribution in [3.05, 3.63) is 64.0 Å². The van der Waals surface area contributed by atoms with Crippen LogP contribution < -0.4 is 10.2 Å². The minimum atomic E-state index is -0.192. The van der Waals surface area contributed by atoms with Gasteiger partial charge in [0.05, 0.1) is 10.6 Å². The minimum Gasteiger partial charge on any atom is -0.382 e. The molecule has 0 aromatic heterocycles. The van der Waals surface area contributed by atoms with E-state index < -0.39 is 0 Å². The van der Waals surface area contributed by atoms with Crippen LogP contribution in [0.15, 0.2) is 58.3 Å². The van der Waals surface area contributed by atoms with Gasteiger partial charge in [0.25, 0.3) is 5.91 Å². The minimum absolute atomic E-state index is 0.0248. The van der Waals surface area contributed by atoms with Crippen LogP contribution in [-0.4, -0.2) is 38.1 Å². The van der Waals surface area contributed by atoms with E-state index in [1.165, 1.54) is 16.7 Å². The van der Waals surface area contributed by atoms with E-state index in [2.05, 4.69) is 5.32 Å². The van der Waals surface area contributed by atoms with Crippen molar-refractivity contribution in [3.63, 3.8) is 0 Å². The van der Waals surface area contributed by atoms with Crippen LogP contribution >= 0.6 is 23.4 Å². The Bertz CT molecular complexity index is 899. The Morgan fingerprint density at radius 2 is 1.97 bits per heavy atom. The van der Waals surface area contributed by atoms with Gasteiger partial charge in [-0.2, -0.15) is 0 Å². The zero-order chi connectivity index (χ0) is 20.6. The summed E-state index contributed by atoms with van der Waals surface area (Å²) in [6, 6.07) is 14.9. The molecule has 0 atom stereocenters. The number of anilines is 1. The number of halogens is 1. The summed E-state index contributed by atoms with van der Waals surface area (Å²) < 4.78 is 5.27. The highest BCUT2D eigenvalue weighted by atomic mass is 35.5. The fourth-order valence-corrected chi connectivity index (χ4v) is 4.06. The molecule has 2 aromatic carbocycles. The summed E-state index contributed by atoms with van der Waals surface area (Å²) in [4.78, 5) is 28.6. The summed E-state index contributed by atoms with van der Waals surface area (Å²) in [5.74, 6) is -0.379. The molecule has 0 bridgehead atoms. The van der Waals surface area contributed by atoms with E-state index in [1.807, 2.05) is 49.4 Å². The first-order chi connectivity index (χ1) is 14.1. The molecular formula is C22H23ClN2O3S. The van der Waals surface area contributed by atoms with Crippen LogP contribution in [0.5, 0.6) is 0 Å². The number of carbonyl (C=O) groups is 2. The van der Waals surface area contributed by atoms with E-state index in [0.29, 0.717) is 29.7 Å². The van der Waals surface area contributed by atoms with Gasteiger partial charge in [0.2, 0.25) is 5.91 Å². The van der Waals surface area contributed by atoms with Crippen molar-refractivity contribution in [2.75, 3.05) is 31.2 Å². The largest absolute Gasteiger partial charge is 0.382 e. The average molecular weight is 431 g/mol. The van der Waals surface area contributed by atoms with Crippen LogP contribution in [0.4, 0.5) is 5.69 Å². The topological polar surface area (TPSA) is 58.6 Å². The summed E-state index contributed by atoms with van der Waals surface area (Å²) in [5.41, 5.74) is 1.63. The molecule has 0 unspecified atom stereocenters. The van der Waals surface area contributed by atoms with Crippen LogP contribution in [0.3, 0.4) is 0 Å². The number of hydrogen-bond acceptors (Lipinski definition) is 4. The van der Waals surface area contributed by atoms with Crippen molar-refractivity contribution >= 4 is 46.9 Å². The maximum absolute atomic E-state index is 13.1. The van der Waals surface area contributed by atoms with Crippen molar-refractivity contribution in [2.24, 2.45) is 0 Å². The van der Waals surface area contributed by atoms with Crippen molar-refractivity contribution in [3.8, 4) is 0 Å². The Morgan fingerprint density at radius 3 is 2.72 bits per heavy atom. The first-order valence-electron chi connectivity index (χ1n) is 9.49. The monoisotopic (exact) mass is 430 g/mol. The maximum atomic E-state index is 13.1. The number of ether oxygens (including phenoxy) is 1. The first-order valence-corrected chi connectivity index (χ1v) is 10.7. The zero-order valence-electron chi connectivity index (χ0n) is 16.2. The van der Waals surface area contributed by atoms with Crippen LogP contribution in [0.25, 0.3) is 6.08 Å². The number of hydrogen-bond donors (Lipinski definition) is 1. The molecule has 0 radical (unpaired) electrons. The van der Waals surface area contributed by atoms with Gasteiger partial charge < -0.3 is 10.1 Å². The Hall–Kier alpha value is -2.28. The molecule has 7 heteroatoms. The molecule has 1 heterocycles. The maximum Gasteiger partial charge on any atom is 0.265 e. The van der Waals surface area contributed by atoms with Gasteiger partial charge in [-0.25, -0.2) is 0 Å². The van der Waals surface area contributed by atoms with Gasteiger partial charge >= 0.3 is 0 Å². The number of nitrogens with zero attached hydrogens (tertiary/aromatic N) is 1. The number of benzene rings is 2. The fourth-order valence-electron chi connectivity index (χ4n) is 2.88. The van der Waals surface area contributed by atoms with E-state index >= 15 is 0 Å². The second-order valence-electron chi connectivity index (χ2n) is 6.42. The summed E-state index contributed by atoms with van der Waals surface area (Å²) in [6.07, 6.45) is 2.56. The van der Waals surface area contributed by atoms with Crippen LogP contribution in [0.2, 0.25) is 5.02 Å². The molecule has 29 heavy (non-hydrogen) atoms. The molecule has 0 saturated carbocycles. The zero-order valence-corrected chi connectivity index (χ0v) is 17.8. The molecule has 152 valence electrons. The molecule has 2 amide bonds. The average Bonchev–Trinajstić information content (AvgIpc) is 2.72. The molecule has 3 rings (SSSR count). The third-order valence-corrected chi connectivity index (χ3v) is 5.62. The van der Waals surface area contributed by atoms with E-state index in [-0.39, 0.29) is 18.4 Å². The number of amides is 2. The van der Waals surface area contributed by atoms with E-state index in [4.69, 9.17) is 16.3 Å². The van der Waals surface area contributed by atoms with Gasteiger partial charge in [-0.15, -0.1) is 0 Å². The van der Waals surface area contributed by atoms with Crippen molar-refractivity contribution in [1.82, 2.24) is 5.32 Å². The fraction of sp³-hybridized carbons (Fsp3) is 0.273. The summed E-state index contributed by atoms with van der Waals surface area (Å²) >= 11 is 7.36. The Morgan fingerprint density at radius 1 is 1.21 bits per heavy atom. The lowest BCUT2D eigenvalue weighted by molar-refractivity contribution is -0.122. The molecule has 5 nitrogen and oxygen atoms in total. The predicted octanol–water partition coefficient (Wildman–Crippen LogP) is 4.36. The number of fused-ring (bicyclic) bond motifs is 1. The van der Waals surface area contributed by atoms with E-state index in [1.54, 1.807) is 12.1 Å². The van der Waals surface area contributed by atoms with Crippen LogP contribution in [0, 0.1) is 0 Å². The summed E-state index contributed by atoms with van der Waals surface area (Å²) in [5, 5.41) is 3.50. The van der Waals surface area contributed by atoms with Gasteiger partial charge in [0.1, 0.15) is 6.54 Å². The number of thioether (sulfide) groups is 1. The summed E-state index contributed by atoms with van der Waals surface area (Å²) in [7, 11) is 0. The lowest BCUT2D eigenvalue weighted by Gasteiger charge is -2.29. The number of para-hydroxylation sites is 1. The normalized spacial score (nSPS) is 14.8. The van der Waals surface area contributed by atoms with Gasteiger partial charge in [0.15, 0.2) is 0 Å². The SMILES string of the molecule is CCOCCCNC(=O)CN1C(=O)C(=Cc2ccc(Cl)cc2)Sc2ccccc21. The second-order valence-corrected chi connectivity index (χ2v) is 7.94. The van der Waals surface area contributed by atoms with Gasteiger partial charge in [-0.05, 0) is 49.2 Å². The third-order valence-electron chi connectivity index (χ3n) is 4.29. The molecule has 1 aliphatic heterocycles. The van der Waals surface area contributed by atoms with E-state index in [9.17, 15) is 9.59 Å². The van der Waals surface area contributed by atoms with Crippen molar-refractivity contribution < 1.29 is 14.3 Å². The molecule has 0 aliphatic carbocycles. The molecule has 0 fully saturated rings. The van der Waals surface area contributed by atoms with Gasteiger partial charge in [-0.3, -0.25) is 14.5 Å². The highest BCUT2D eigenvalue weighted by Gasteiger charge is 2.30. The Balaban J connectivity index is 1.75. The lowest BCUT2D eigenvalue weighted by atomic mass is 10.2. The highest BCUT2D eigenvalue weighted by molar-refractivity contribution is 8.04. The molecule has 0 spiro atoms. The van der Waals surface area contributed by atoms with Crippen molar-refractivity contribution in [2.45, 2.75) is 18.2 Å². The van der Waals surface area contributed by atoms with Gasteiger partial charge in [-0.1, -0.05) is 47.6 Å². The molecular weight excluding hydrogens is 408 g/mol. The standard InChI is InChI=1S/C22H23ClN2O3S/c1-2-28-13-5-12-24-21(26)15-25-18-6-3-4-7-19(18)29-20(22(25)27)14-16-8-10-17(23)11-9-16/h3-4,6-11,14H,2,5,12-13,15H2,1H3,(H,24,26). The van der Waals surface area contributed by atoms with Crippen LogP contribution in [0.1, 0.15) is 18.9 Å². The Labute approximate surface area is 180 Å². The molecule has 0 saturated heterocycles. The van der Waals surface area contributed by atoms with Crippen LogP contribution in [-0.2, 0) is 14.3 Å². The molecule has 1 aliphatic rings. The first kappa shape index (κ1) is 21.4. The molecule has 2 aromatic rings.